The number of nitrogens with zero attached hydrogens (tertiary/aromatic N) is 1. The first-order valence-corrected chi connectivity index (χ1v) is 6.72. The van der Waals surface area contributed by atoms with Crippen molar-refractivity contribution < 1.29 is 36.0 Å². The van der Waals surface area contributed by atoms with E-state index in [0.717, 1.165) is 6.07 Å². The molecule has 23 heavy (non-hydrogen) atoms. The van der Waals surface area contributed by atoms with Gasteiger partial charge < -0.3 is 14.0 Å². The lowest BCUT2D eigenvalue weighted by Crippen LogP contribution is -2.41. The molecule has 0 unspecified atom stereocenters. The highest BCUT2D eigenvalue weighted by molar-refractivity contribution is 6.63. The van der Waals surface area contributed by atoms with Crippen molar-refractivity contribution in [3.05, 3.63) is 17.8 Å². The van der Waals surface area contributed by atoms with Crippen molar-refractivity contribution in [2.45, 2.75) is 51.7 Å². The smallest absolute Gasteiger partial charge is 0.417 e. The SMILES string of the molecule is CC1(C)OB(c2ccc(C(F)(F)F)nc2OC(F)F)OC1(C)C. The van der Waals surface area contributed by atoms with Crippen LogP contribution >= 0.6 is 0 Å². The second-order valence-corrected chi connectivity index (χ2v) is 6.06. The van der Waals surface area contributed by atoms with E-state index in [1.54, 1.807) is 27.7 Å². The Morgan fingerprint density at radius 3 is 2.04 bits per heavy atom. The van der Waals surface area contributed by atoms with Crippen molar-refractivity contribution in [1.29, 1.82) is 0 Å². The fourth-order valence-corrected chi connectivity index (χ4v) is 1.94. The van der Waals surface area contributed by atoms with Gasteiger partial charge in [0.25, 0.3) is 0 Å². The molecule has 0 aromatic carbocycles. The van der Waals surface area contributed by atoms with Gasteiger partial charge >= 0.3 is 19.9 Å². The molecule has 0 aliphatic carbocycles. The number of ether oxygens (including phenoxy) is 1. The highest BCUT2D eigenvalue weighted by Gasteiger charge is 2.53. The van der Waals surface area contributed by atoms with Crippen LogP contribution in [0.5, 0.6) is 5.88 Å². The van der Waals surface area contributed by atoms with E-state index >= 15 is 0 Å². The summed E-state index contributed by atoms with van der Waals surface area (Å²) < 4.78 is 78.5. The Hall–Kier alpha value is -1.42. The summed E-state index contributed by atoms with van der Waals surface area (Å²) in [5, 5.41) is 0. The van der Waals surface area contributed by atoms with E-state index in [2.05, 4.69) is 9.72 Å². The predicted octanol–water partition coefficient (Wildman–Crippen LogP) is 3.00. The van der Waals surface area contributed by atoms with Crippen LogP contribution in [-0.4, -0.2) is 29.9 Å². The molecule has 0 atom stereocenters. The zero-order chi connectivity index (χ0) is 17.6. The Kier molecular flexibility index (Phi) is 4.36. The number of pyridine rings is 1. The van der Waals surface area contributed by atoms with Crippen LogP contribution < -0.4 is 10.2 Å². The molecule has 2 heterocycles. The predicted molar refractivity (Wildman–Crippen MR) is 71.6 cm³/mol. The summed E-state index contributed by atoms with van der Waals surface area (Å²) in [6, 6.07) is 1.63. The maximum Gasteiger partial charge on any atom is 0.500 e. The van der Waals surface area contributed by atoms with E-state index < -0.39 is 42.7 Å². The van der Waals surface area contributed by atoms with Gasteiger partial charge in [-0.25, -0.2) is 4.98 Å². The van der Waals surface area contributed by atoms with Crippen LogP contribution in [0.2, 0.25) is 0 Å². The minimum Gasteiger partial charge on any atom is -0.417 e. The third-order valence-electron chi connectivity index (χ3n) is 3.89. The van der Waals surface area contributed by atoms with Crippen molar-refractivity contribution in [3.8, 4) is 5.88 Å². The van der Waals surface area contributed by atoms with E-state index in [-0.39, 0.29) is 5.46 Å². The summed E-state index contributed by atoms with van der Waals surface area (Å²) in [7, 11) is -1.16. The molecular weight excluding hydrogens is 324 g/mol. The average molecular weight is 339 g/mol. The normalized spacial score (nSPS) is 20.2. The van der Waals surface area contributed by atoms with Gasteiger partial charge in [0.1, 0.15) is 5.69 Å². The maximum absolute atomic E-state index is 12.7. The van der Waals surface area contributed by atoms with E-state index in [4.69, 9.17) is 9.31 Å². The van der Waals surface area contributed by atoms with Gasteiger partial charge in [0.2, 0.25) is 5.88 Å². The second-order valence-electron chi connectivity index (χ2n) is 6.06. The fourth-order valence-electron chi connectivity index (χ4n) is 1.94. The largest absolute Gasteiger partial charge is 0.500 e. The van der Waals surface area contributed by atoms with Crippen LogP contribution in [0.1, 0.15) is 33.4 Å². The second kappa shape index (κ2) is 5.59. The summed E-state index contributed by atoms with van der Waals surface area (Å²) in [6.07, 6.45) is -4.78. The number of aromatic nitrogens is 1. The van der Waals surface area contributed by atoms with Crippen LogP contribution in [-0.2, 0) is 15.5 Å². The molecule has 0 bridgehead atoms. The molecule has 1 fully saturated rings. The summed E-state index contributed by atoms with van der Waals surface area (Å²) in [6.45, 7) is 3.55. The van der Waals surface area contributed by atoms with Gasteiger partial charge in [-0.1, -0.05) is 6.07 Å². The summed E-state index contributed by atoms with van der Waals surface area (Å²) in [5.41, 5.74) is -3.05. The van der Waals surface area contributed by atoms with Crippen LogP contribution in [0.4, 0.5) is 22.0 Å². The number of halogens is 5. The van der Waals surface area contributed by atoms with Gasteiger partial charge in [-0.3, -0.25) is 0 Å². The molecule has 1 saturated heterocycles. The van der Waals surface area contributed by atoms with Crippen molar-refractivity contribution in [3.63, 3.8) is 0 Å². The summed E-state index contributed by atoms with van der Waals surface area (Å²) >= 11 is 0. The monoisotopic (exact) mass is 339 g/mol. The Morgan fingerprint density at radius 2 is 1.61 bits per heavy atom. The lowest BCUT2D eigenvalue weighted by atomic mass is 9.79. The number of alkyl halides is 5. The van der Waals surface area contributed by atoms with Crippen LogP contribution in [0, 0.1) is 0 Å². The molecule has 1 aliphatic rings. The number of hydrogen-bond donors (Lipinski definition) is 0. The molecule has 0 spiro atoms. The van der Waals surface area contributed by atoms with E-state index in [1.807, 2.05) is 0 Å². The average Bonchev–Trinajstić information content (AvgIpc) is 2.56. The third kappa shape index (κ3) is 3.58. The van der Waals surface area contributed by atoms with E-state index in [1.165, 1.54) is 0 Å². The minimum absolute atomic E-state index is 0.128. The third-order valence-corrected chi connectivity index (χ3v) is 3.89. The molecule has 1 aliphatic heterocycles. The molecule has 128 valence electrons. The molecule has 0 radical (unpaired) electrons. The molecule has 0 saturated carbocycles. The quantitative estimate of drug-likeness (QED) is 0.627. The Morgan fingerprint density at radius 1 is 1.09 bits per heavy atom. The first-order chi connectivity index (χ1) is 10.3. The first kappa shape index (κ1) is 17.9. The van der Waals surface area contributed by atoms with Crippen LogP contribution in [0.3, 0.4) is 0 Å². The van der Waals surface area contributed by atoms with Crippen molar-refractivity contribution >= 4 is 12.6 Å². The summed E-state index contributed by atoms with van der Waals surface area (Å²) in [4.78, 5) is 3.14. The Bertz CT molecular complexity index is 575. The molecule has 10 heteroatoms. The highest BCUT2D eigenvalue weighted by Crippen LogP contribution is 2.37. The molecule has 1 aromatic heterocycles. The van der Waals surface area contributed by atoms with Gasteiger partial charge in [-0.05, 0) is 33.8 Å². The van der Waals surface area contributed by atoms with Gasteiger partial charge in [0, 0.05) is 5.46 Å². The molecule has 4 nitrogen and oxygen atoms in total. The topological polar surface area (TPSA) is 40.6 Å². The van der Waals surface area contributed by atoms with Gasteiger partial charge in [0.15, 0.2) is 0 Å². The van der Waals surface area contributed by atoms with Crippen molar-refractivity contribution in [1.82, 2.24) is 4.98 Å². The lowest BCUT2D eigenvalue weighted by molar-refractivity contribution is -0.142. The number of hydrogen-bond acceptors (Lipinski definition) is 4. The van der Waals surface area contributed by atoms with E-state index in [9.17, 15) is 22.0 Å². The zero-order valence-corrected chi connectivity index (χ0v) is 12.9. The molecular formula is C13H15BF5NO3. The van der Waals surface area contributed by atoms with Crippen molar-refractivity contribution in [2.24, 2.45) is 0 Å². The number of rotatable bonds is 3. The van der Waals surface area contributed by atoms with Crippen LogP contribution in [0.25, 0.3) is 0 Å². The molecule has 0 amide bonds. The van der Waals surface area contributed by atoms with Crippen LogP contribution in [0.15, 0.2) is 12.1 Å². The highest BCUT2D eigenvalue weighted by atomic mass is 19.4. The van der Waals surface area contributed by atoms with Gasteiger partial charge in [-0.15, -0.1) is 0 Å². The van der Waals surface area contributed by atoms with Gasteiger partial charge in [-0.2, -0.15) is 22.0 Å². The van der Waals surface area contributed by atoms with Crippen molar-refractivity contribution in [2.75, 3.05) is 0 Å². The van der Waals surface area contributed by atoms with Gasteiger partial charge in [0.05, 0.1) is 11.2 Å². The maximum atomic E-state index is 12.7. The molecule has 2 rings (SSSR count). The summed E-state index contributed by atoms with van der Waals surface area (Å²) in [5.74, 6) is -0.867. The van der Waals surface area contributed by atoms with E-state index in [0.29, 0.717) is 6.07 Å². The molecule has 0 N–H and O–H groups in total. The standard InChI is InChI=1S/C13H15BF5NO3/c1-11(2)12(3,4)23-14(22-11)7-5-6-8(13(17,18)19)20-9(7)21-10(15)16/h5-6,10H,1-4H3. The Labute approximate surface area is 130 Å². The lowest BCUT2D eigenvalue weighted by Gasteiger charge is -2.32. The zero-order valence-electron chi connectivity index (χ0n) is 12.9. The Balaban J connectivity index is 2.43. The fraction of sp³-hybridized carbons (Fsp3) is 0.615. The molecule has 1 aromatic rings. The first-order valence-electron chi connectivity index (χ1n) is 6.72. The minimum atomic E-state index is -4.78.